The van der Waals surface area contributed by atoms with E-state index < -0.39 is 48.8 Å². The highest BCUT2D eigenvalue weighted by molar-refractivity contribution is 6.05. The molecule has 0 aliphatic carbocycles. The number of alkyl halides is 3. The summed E-state index contributed by atoms with van der Waals surface area (Å²) in [6.45, 7) is 0.910. The average molecular weight is 464 g/mol. The second-order valence-corrected chi connectivity index (χ2v) is 7.52. The fraction of sp³-hybridized carbons (Fsp3) is 0.364. The Labute approximate surface area is 187 Å². The van der Waals surface area contributed by atoms with Gasteiger partial charge in [-0.3, -0.25) is 19.3 Å². The maximum atomic E-state index is 13.4. The standard InChI is InChI=1S/C22H23F3N4O4/c1-13(27-17(31)8-9-22(23,24)25)20(32)28-18-15-6-3-2-5-14(15)16-7-4-10-26-19(16)29(11-12-30)21(18)33/h2-7,10,13,18,30H,8-9,11-12H2,1H3,(H,27,31)(H,28,32). The number of halogens is 3. The van der Waals surface area contributed by atoms with E-state index in [1.54, 1.807) is 36.4 Å². The molecule has 3 amide bonds. The van der Waals surface area contributed by atoms with E-state index in [1.807, 2.05) is 0 Å². The van der Waals surface area contributed by atoms with Crippen LogP contribution in [-0.4, -0.2) is 53.2 Å². The van der Waals surface area contributed by atoms with E-state index in [9.17, 15) is 32.7 Å². The molecule has 1 aromatic heterocycles. The largest absolute Gasteiger partial charge is 0.395 e. The Kier molecular flexibility index (Phi) is 7.32. The van der Waals surface area contributed by atoms with Crippen LogP contribution in [0.1, 0.15) is 31.4 Å². The number of aliphatic hydroxyl groups is 1. The summed E-state index contributed by atoms with van der Waals surface area (Å²) in [5, 5.41) is 14.3. The van der Waals surface area contributed by atoms with Crippen LogP contribution >= 0.6 is 0 Å². The summed E-state index contributed by atoms with van der Waals surface area (Å²) >= 11 is 0. The number of fused-ring (bicyclic) bond motifs is 3. The molecule has 1 aromatic carbocycles. The van der Waals surface area contributed by atoms with Crippen molar-refractivity contribution in [2.75, 3.05) is 18.1 Å². The molecule has 0 saturated carbocycles. The lowest BCUT2D eigenvalue weighted by atomic mass is 9.96. The van der Waals surface area contributed by atoms with Crippen molar-refractivity contribution in [3.8, 4) is 11.1 Å². The van der Waals surface area contributed by atoms with Crippen LogP contribution < -0.4 is 15.5 Å². The van der Waals surface area contributed by atoms with Crippen molar-refractivity contribution in [2.45, 2.75) is 38.0 Å². The number of carbonyl (C=O) groups excluding carboxylic acids is 3. The number of β-amino-alcohol motifs (C(OH)–C–C–N with tert-alkyl or cyclic N) is 1. The van der Waals surface area contributed by atoms with Crippen LogP contribution in [0.2, 0.25) is 0 Å². The highest BCUT2D eigenvalue weighted by atomic mass is 19.4. The van der Waals surface area contributed by atoms with Crippen LogP contribution in [-0.2, 0) is 14.4 Å². The Morgan fingerprint density at radius 2 is 1.88 bits per heavy atom. The number of nitrogens with one attached hydrogen (secondary N) is 2. The second-order valence-electron chi connectivity index (χ2n) is 7.52. The van der Waals surface area contributed by atoms with Gasteiger partial charge in [0.2, 0.25) is 11.8 Å². The number of benzene rings is 1. The molecule has 11 heteroatoms. The number of nitrogens with zero attached hydrogens (tertiary/aromatic N) is 2. The molecule has 3 N–H and O–H groups in total. The summed E-state index contributed by atoms with van der Waals surface area (Å²) in [6, 6.07) is 8.04. The summed E-state index contributed by atoms with van der Waals surface area (Å²) in [6.07, 6.45) is -5.09. The Balaban J connectivity index is 1.85. The van der Waals surface area contributed by atoms with Gasteiger partial charge >= 0.3 is 6.18 Å². The van der Waals surface area contributed by atoms with E-state index in [1.165, 1.54) is 18.0 Å². The van der Waals surface area contributed by atoms with Crippen molar-refractivity contribution in [1.82, 2.24) is 15.6 Å². The second kappa shape index (κ2) is 9.99. The molecular weight excluding hydrogens is 441 g/mol. The molecule has 2 atom stereocenters. The van der Waals surface area contributed by atoms with Crippen LogP contribution in [0.25, 0.3) is 11.1 Å². The lowest BCUT2D eigenvalue weighted by Gasteiger charge is -2.26. The molecule has 0 saturated heterocycles. The van der Waals surface area contributed by atoms with E-state index in [0.29, 0.717) is 22.5 Å². The number of carbonyl (C=O) groups is 3. The fourth-order valence-corrected chi connectivity index (χ4v) is 3.57. The van der Waals surface area contributed by atoms with E-state index in [4.69, 9.17) is 0 Å². The zero-order valence-corrected chi connectivity index (χ0v) is 17.7. The molecule has 0 fully saturated rings. The van der Waals surface area contributed by atoms with Crippen molar-refractivity contribution in [1.29, 1.82) is 0 Å². The van der Waals surface area contributed by atoms with Gasteiger partial charge in [0.05, 0.1) is 19.6 Å². The molecule has 0 bridgehead atoms. The van der Waals surface area contributed by atoms with Crippen molar-refractivity contribution in [2.24, 2.45) is 0 Å². The third-order valence-corrected chi connectivity index (χ3v) is 5.13. The first-order valence-corrected chi connectivity index (χ1v) is 10.3. The lowest BCUT2D eigenvalue weighted by molar-refractivity contribution is -0.144. The van der Waals surface area contributed by atoms with Crippen LogP contribution in [0.3, 0.4) is 0 Å². The first-order chi connectivity index (χ1) is 15.6. The van der Waals surface area contributed by atoms with Gasteiger partial charge in [-0.25, -0.2) is 4.98 Å². The maximum Gasteiger partial charge on any atom is 0.389 e. The quantitative estimate of drug-likeness (QED) is 0.581. The van der Waals surface area contributed by atoms with E-state index in [0.717, 1.165) is 0 Å². The van der Waals surface area contributed by atoms with Crippen molar-refractivity contribution in [3.63, 3.8) is 0 Å². The first kappa shape index (κ1) is 24.2. The summed E-state index contributed by atoms with van der Waals surface area (Å²) < 4.78 is 37.0. The zero-order chi connectivity index (χ0) is 24.2. The van der Waals surface area contributed by atoms with E-state index >= 15 is 0 Å². The lowest BCUT2D eigenvalue weighted by Crippen LogP contribution is -2.50. The summed E-state index contributed by atoms with van der Waals surface area (Å²) in [5.74, 6) is -1.89. The van der Waals surface area contributed by atoms with Crippen molar-refractivity contribution < 1.29 is 32.7 Å². The number of hydrogen-bond donors (Lipinski definition) is 3. The zero-order valence-electron chi connectivity index (χ0n) is 17.7. The van der Waals surface area contributed by atoms with Crippen LogP contribution in [0.4, 0.5) is 19.0 Å². The third kappa shape index (κ3) is 5.67. The van der Waals surface area contributed by atoms with Gasteiger partial charge in [0.25, 0.3) is 5.91 Å². The molecule has 2 heterocycles. The normalized spacial score (nSPS) is 16.3. The fourth-order valence-electron chi connectivity index (χ4n) is 3.57. The number of aliphatic hydroxyl groups excluding tert-OH is 1. The van der Waals surface area contributed by atoms with Gasteiger partial charge in [-0.05, 0) is 30.2 Å². The predicted molar refractivity (Wildman–Crippen MR) is 113 cm³/mol. The van der Waals surface area contributed by atoms with Gasteiger partial charge in [0.15, 0.2) is 0 Å². The Hall–Kier alpha value is -3.47. The van der Waals surface area contributed by atoms with Crippen LogP contribution in [0, 0.1) is 0 Å². The molecule has 2 aromatic rings. The Morgan fingerprint density at radius 3 is 2.58 bits per heavy atom. The van der Waals surface area contributed by atoms with Gasteiger partial charge in [-0.1, -0.05) is 24.3 Å². The minimum absolute atomic E-state index is 0.0626. The number of pyridine rings is 1. The maximum absolute atomic E-state index is 13.4. The number of hydrogen-bond acceptors (Lipinski definition) is 5. The van der Waals surface area contributed by atoms with Crippen molar-refractivity contribution >= 4 is 23.5 Å². The monoisotopic (exact) mass is 464 g/mol. The van der Waals surface area contributed by atoms with Crippen LogP contribution in [0.5, 0.6) is 0 Å². The highest BCUT2D eigenvalue weighted by Gasteiger charge is 2.36. The molecule has 0 radical (unpaired) electrons. The molecule has 1 aliphatic rings. The van der Waals surface area contributed by atoms with Gasteiger partial charge in [-0.15, -0.1) is 0 Å². The summed E-state index contributed by atoms with van der Waals surface area (Å²) in [7, 11) is 0. The third-order valence-electron chi connectivity index (χ3n) is 5.13. The topological polar surface area (TPSA) is 112 Å². The number of anilines is 1. The smallest absolute Gasteiger partial charge is 0.389 e. The minimum Gasteiger partial charge on any atom is -0.395 e. The predicted octanol–water partition coefficient (Wildman–Crippen LogP) is 2.09. The average Bonchev–Trinajstić information content (AvgIpc) is 2.87. The van der Waals surface area contributed by atoms with Gasteiger partial charge in [-0.2, -0.15) is 13.2 Å². The molecule has 8 nitrogen and oxygen atoms in total. The molecule has 2 unspecified atom stereocenters. The Bertz CT molecular complexity index is 1040. The Morgan fingerprint density at radius 1 is 1.18 bits per heavy atom. The molecule has 33 heavy (non-hydrogen) atoms. The molecular formula is C22H23F3N4O4. The van der Waals surface area contributed by atoms with E-state index in [2.05, 4.69) is 15.6 Å². The SMILES string of the molecule is CC(NC(=O)CCC(F)(F)F)C(=O)NC1C(=O)N(CCO)c2ncccc2-c2ccccc21. The molecule has 3 rings (SSSR count). The number of aromatic nitrogens is 1. The van der Waals surface area contributed by atoms with Crippen LogP contribution in [0.15, 0.2) is 42.6 Å². The van der Waals surface area contributed by atoms with Gasteiger partial charge < -0.3 is 15.7 Å². The van der Waals surface area contributed by atoms with E-state index in [-0.39, 0.29) is 13.2 Å². The van der Waals surface area contributed by atoms with Gasteiger partial charge in [0, 0.05) is 18.2 Å². The summed E-state index contributed by atoms with van der Waals surface area (Å²) in [5.41, 5.74) is 1.78. The number of rotatable bonds is 7. The number of amides is 3. The molecule has 176 valence electrons. The van der Waals surface area contributed by atoms with Crippen molar-refractivity contribution in [3.05, 3.63) is 48.2 Å². The summed E-state index contributed by atoms with van der Waals surface area (Å²) in [4.78, 5) is 43.5. The molecule has 1 aliphatic heterocycles. The molecule has 0 spiro atoms. The first-order valence-electron chi connectivity index (χ1n) is 10.3. The highest BCUT2D eigenvalue weighted by Crippen LogP contribution is 2.38. The minimum atomic E-state index is -4.49. The van der Waals surface area contributed by atoms with Gasteiger partial charge in [0.1, 0.15) is 17.9 Å².